The van der Waals surface area contributed by atoms with Crippen LogP contribution in [0.2, 0.25) is 0 Å². The summed E-state index contributed by atoms with van der Waals surface area (Å²) in [6, 6.07) is 0. The predicted octanol–water partition coefficient (Wildman–Crippen LogP) is 6.13. The van der Waals surface area contributed by atoms with E-state index in [4.69, 9.17) is 11.6 Å². The van der Waals surface area contributed by atoms with Gasteiger partial charge in [-0.25, -0.2) is 0 Å². The molecular formula is C20H39ClO. The van der Waals surface area contributed by atoms with Crippen LogP contribution < -0.4 is 0 Å². The van der Waals surface area contributed by atoms with Crippen LogP contribution in [0.1, 0.15) is 80.1 Å². The second-order valence-electron chi connectivity index (χ2n) is 8.74. The van der Waals surface area contributed by atoms with Crippen molar-refractivity contribution in [3.63, 3.8) is 0 Å². The van der Waals surface area contributed by atoms with E-state index in [1.165, 1.54) is 32.1 Å². The number of hydrogen-bond acceptors (Lipinski definition) is 1. The lowest BCUT2D eigenvalue weighted by Gasteiger charge is -2.33. The van der Waals surface area contributed by atoms with Crippen LogP contribution in [-0.4, -0.2) is 16.6 Å². The Balaban J connectivity index is 0.000000220. The molecule has 6 unspecified atom stereocenters. The van der Waals surface area contributed by atoms with Crippen molar-refractivity contribution in [1.29, 1.82) is 0 Å². The highest BCUT2D eigenvalue weighted by atomic mass is 35.5. The average Bonchev–Trinajstić information content (AvgIpc) is 2.38. The SMILES string of the molecule is CC1CCC(C(C)C)C(Cl)C1.CC1CCC(C(C)C)C(O)C1. The smallest absolute Gasteiger partial charge is 0.0573 e. The number of rotatable bonds is 2. The molecule has 1 nitrogen and oxygen atoms in total. The van der Waals surface area contributed by atoms with E-state index >= 15 is 0 Å². The van der Waals surface area contributed by atoms with Gasteiger partial charge >= 0.3 is 0 Å². The molecule has 2 heteroatoms. The zero-order chi connectivity index (χ0) is 16.9. The molecule has 0 aromatic heterocycles. The molecule has 0 bridgehead atoms. The molecule has 1 N–H and O–H groups in total. The Labute approximate surface area is 144 Å². The van der Waals surface area contributed by atoms with Gasteiger partial charge in [-0.2, -0.15) is 0 Å². The van der Waals surface area contributed by atoms with Gasteiger partial charge < -0.3 is 5.11 Å². The Morgan fingerprint density at radius 3 is 1.64 bits per heavy atom. The number of alkyl halides is 1. The fourth-order valence-corrected chi connectivity index (χ4v) is 4.96. The van der Waals surface area contributed by atoms with Gasteiger partial charge in [0.2, 0.25) is 0 Å². The maximum absolute atomic E-state index is 9.71. The van der Waals surface area contributed by atoms with Crippen molar-refractivity contribution in [3.8, 4) is 0 Å². The van der Waals surface area contributed by atoms with Crippen LogP contribution in [0.15, 0.2) is 0 Å². The molecule has 0 radical (unpaired) electrons. The lowest BCUT2D eigenvalue weighted by molar-refractivity contribution is 0.0266. The normalized spacial score (nSPS) is 39.5. The monoisotopic (exact) mass is 330 g/mol. The quantitative estimate of drug-likeness (QED) is 0.604. The molecule has 6 atom stereocenters. The van der Waals surface area contributed by atoms with Gasteiger partial charge in [-0.3, -0.25) is 0 Å². The van der Waals surface area contributed by atoms with Crippen molar-refractivity contribution in [2.24, 2.45) is 35.5 Å². The van der Waals surface area contributed by atoms with Gasteiger partial charge in [-0.15, -0.1) is 11.6 Å². The first-order valence-corrected chi connectivity index (χ1v) is 9.98. The summed E-state index contributed by atoms with van der Waals surface area (Å²) >= 11 is 6.27. The number of hydrogen-bond donors (Lipinski definition) is 1. The molecular weight excluding hydrogens is 292 g/mol. The number of aliphatic hydroxyl groups excluding tert-OH is 1. The highest BCUT2D eigenvalue weighted by Gasteiger charge is 2.29. The summed E-state index contributed by atoms with van der Waals surface area (Å²) in [4.78, 5) is 0. The standard InChI is InChI=1S/C10H19Cl.C10H20O/c2*1-7(2)9-5-4-8(3)6-10(9)11/h7-10H,4-6H2,1-3H3;7-11H,4-6H2,1-3H3. The van der Waals surface area contributed by atoms with Gasteiger partial charge in [0, 0.05) is 5.38 Å². The third-order valence-electron chi connectivity index (χ3n) is 5.93. The van der Waals surface area contributed by atoms with Crippen LogP contribution in [0, 0.1) is 35.5 Å². The second kappa shape index (κ2) is 9.52. The van der Waals surface area contributed by atoms with Crippen LogP contribution in [-0.2, 0) is 0 Å². The molecule has 0 aliphatic heterocycles. The fraction of sp³-hybridized carbons (Fsp3) is 1.00. The molecule has 22 heavy (non-hydrogen) atoms. The Morgan fingerprint density at radius 1 is 0.773 bits per heavy atom. The van der Waals surface area contributed by atoms with Gasteiger partial charge in [0.05, 0.1) is 6.10 Å². The van der Waals surface area contributed by atoms with E-state index in [0.717, 1.165) is 30.1 Å². The molecule has 0 saturated heterocycles. The number of aliphatic hydroxyl groups is 1. The van der Waals surface area contributed by atoms with Crippen molar-refractivity contribution in [2.75, 3.05) is 0 Å². The molecule has 0 spiro atoms. The molecule has 2 fully saturated rings. The summed E-state index contributed by atoms with van der Waals surface area (Å²) in [7, 11) is 0. The largest absolute Gasteiger partial charge is 0.393 e. The molecule has 132 valence electrons. The molecule has 2 aliphatic rings. The molecule has 0 aromatic rings. The minimum atomic E-state index is -0.0289. The van der Waals surface area contributed by atoms with Crippen molar-refractivity contribution >= 4 is 11.6 Å². The van der Waals surface area contributed by atoms with E-state index in [9.17, 15) is 5.11 Å². The first-order chi connectivity index (χ1) is 10.2. The lowest BCUT2D eigenvalue weighted by Crippen LogP contribution is -2.31. The van der Waals surface area contributed by atoms with Gasteiger partial charge in [0.1, 0.15) is 0 Å². The maximum Gasteiger partial charge on any atom is 0.0573 e. The van der Waals surface area contributed by atoms with Crippen LogP contribution in [0.25, 0.3) is 0 Å². The van der Waals surface area contributed by atoms with E-state index in [2.05, 4.69) is 41.5 Å². The molecule has 2 rings (SSSR count). The topological polar surface area (TPSA) is 20.2 Å². The fourth-order valence-electron chi connectivity index (χ4n) is 4.24. The Morgan fingerprint density at radius 2 is 1.23 bits per heavy atom. The molecule has 0 aromatic carbocycles. The Bertz CT molecular complexity index is 272. The minimum Gasteiger partial charge on any atom is -0.393 e. The third-order valence-corrected chi connectivity index (χ3v) is 6.43. The van der Waals surface area contributed by atoms with Crippen LogP contribution in [0.3, 0.4) is 0 Å². The molecule has 0 amide bonds. The first kappa shape index (κ1) is 20.3. The first-order valence-electron chi connectivity index (χ1n) is 9.54. The summed E-state index contributed by atoms with van der Waals surface area (Å²) in [5.41, 5.74) is 0. The van der Waals surface area contributed by atoms with E-state index < -0.39 is 0 Å². The van der Waals surface area contributed by atoms with E-state index in [1.54, 1.807) is 0 Å². The van der Waals surface area contributed by atoms with Crippen molar-refractivity contribution < 1.29 is 5.11 Å². The zero-order valence-corrected chi connectivity index (χ0v) is 16.4. The third kappa shape index (κ3) is 6.40. The summed E-state index contributed by atoms with van der Waals surface area (Å²) in [6.45, 7) is 13.5. The average molecular weight is 331 g/mol. The van der Waals surface area contributed by atoms with Gasteiger partial charge in [-0.1, -0.05) is 54.4 Å². The Kier molecular flexibility index (Phi) is 8.78. The highest BCUT2D eigenvalue weighted by molar-refractivity contribution is 6.20. The summed E-state index contributed by atoms with van der Waals surface area (Å²) in [5.74, 6) is 4.34. The second-order valence-corrected chi connectivity index (χ2v) is 9.30. The zero-order valence-electron chi connectivity index (χ0n) is 15.7. The summed E-state index contributed by atoms with van der Waals surface area (Å²) in [6.07, 6.45) is 7.46. The van der Waals surface area contributed by atoms with E-state index in [-0.39, 0.29) is 6.10 Å². The predicted molar refractivity (Wildman–Crippen MR) is 98.3 cm³/mol. The molecule has 2 aliphatic carbocycles. The summed E-state index contributed by atoms with van der Waals surface area (Å²) < 4.78 is 0. The van der Waals surface area contributed by atoms with Crippen molar-refractivity contribution in [3.05, 3.63) is 0 Å². The van der Waals surface area contributed by atoms with Gasteiger partial charge in [0.15, 0.2) is 0 Å². The van der Waals surface area contributed by atoms with Crippen LogP contribution in [0.4, 0.5) is 0 Å². The van der Waals surface area contributed by atoms with E-state index in [0.29, 0.717) is 17.2 Å². The minimum absolute atomic E-state index is 0.0289. The number of halogens is 1. The van der Waals surface area contributed by atoms with Crippen LogP contribution >= 0.6 is 11.6 Å². The maximum atomic E-state index is 9.71. The van der Waals surface area contributed by atoms with Crippen molar-refractivity contribution in [1.82, 2.24) is 0 Å². The lowest BCUT2D eigenvalue weighted by atomic mass is 9.75. The highest BCUT2D eigenvalue weighted by Crippen LogP contribution is 2.36. The van der Waals surface area contributed by atoms with Gasteiger partial charge in [-0.05, 0) is 61.2 Å². The molecule has 0 heterocycles. The van der Waals surface area contributed by atoms with Crippen molar-refractivity contribution in [2.45, 2.75) is 91.5 Å². The van der Waals surface area contributed by atoms with E-state index in [1.807, 2.05) is 0 Å². The van der Waals surface area contributed by atoms with Crippen LogP contribution in [0.5, 0.6) is 0 Å². The summed E-state index contributed by atoms with van der Waals surface area (Å²) in [5, 5.41) is 10.2. The molecule has 2 saturated carbocycles. The Hall–Kier alpha value is 0.250. The van der Waals surface area contributed by atoms with Gasteiger partial charge in [0.25, 0.3) is 0 Å².